The molecule has 2 aliphatic heterocycles. The molecule has 0 amide bonds. The number of aromatic nitrogens is 3. The summed E-state index contributed by atoms with van der Waals surface area (Å²) in [6.07, 6.45) is 1.50. The van der Waals surface area contributed by atoms with Gasteiger partial charge in [-0.2, -0.15) is 9.78 Å². The fourth-order valence-corrected chi connectivity index (χ4v) is 2.52. The lowest BCUT2D eigenvalue weighted by molar-refractivity contribution is 0.609. The van der Waals surface area contributed by atoms with Gasteiger partial charge in [-0.15, -0.1) is 0 Å². The summed E-state index contributed by atoms with van der Waals surface area (Å²) >= 11 is 0. The van der Waals surface area contributed by atoms with E-state index in [9.17, 15) is 13.6 Å². The number of rotatable bonds is 1. The zero-order chi connectivity index (χ0) is 15.3. The maximum absolute atomic E-state index is 13.9. The monoisotopic (exact) mass is 297 g/mol. The van der Waals surface area contributed by atoms with Crippen molar-refractivity contribution in [2.24, 2.45) is 0 Å². The minimum Gasteiger partial charge on any atom is -0.360 e. The molecule has 0 spiro atoms. The minimum atomic E-state index is -0.549. The fraction of sp³-hybridized carbons (Fsp3) is 0. The van der Waals surface area contributed by atoms with E-state index in [-0.39, 0.29) is 11.3 Å². The number of fused-ring (bicyclic) bond motifs is 3. The number of hydrogen-bond donors (Lipinski definition) is 1. The number of benzene rings is 2. The van der Waals surface area contributed by atoms with Gasteiger partial charge in [-0.3, -0.25) is 4.79 Å². The minimum absolute atomic E-state index is 0.0632. The van der Waals surface area contributed by atoms with Crippen LogP contribution >= 0.6 is 0 Å². The molecule has 0 saturated carbocycles. The smallest absolute Gasteiger partial charge is 0.282 e. The molecule has 6 heteroatoms. The highest BCUT2D eigenvalue weighted by Crippen LogP contribution is 2.26. The first kappa shape index (κ1) is 12.7. The Bertz CT molecular complexity index is 1040. The van der Waals surface area contributed by atoms with Crippen LogP contribution in [0.5, 0.6) is 0 Å². The fourth-order valence-electron chi connectivity index (χ4n) is 2.52. The molecule has 0 bridgehead atoms. The summed E-state index contributed by atoms with van der Waals surface area (Å²) in [4.78, 5) is 15.4. The largest absolute Gasteiger partial charge is 0.360 e. The molecule has 0 aliphatic carbocycles. The summed E-state index contributed by atoms with van der Waals surface area (Å²) in [6.45, 7) is 0. The van der Waals surface area contributed by atoms with E-state index < -0.39 is 17.2 Å². The highest BCUT2D eigenvalue weighted by molar-refractivity contribution is 5.93. The number of para-hydroxylation sites is 1. The molecular formula is C16H9F2N3O. The Morgan fingerprint density at radius 3 is 2.73 bits per heavy atom. The lowest BCUT2D eigenvalue weighted by atomic mass is 10.1. The van der Waals surface area contributed by atoms with Gasteiger partial charge in [0.2, 0.25) is 0 Å². The van der Waals surface area contributed by atoms with E-state index in [0.717, 1.165) is 4.68 Å². The summed E-state index contributed by atoms with van der Waals surface area (Å²) in [5.41, 5.74) is 0.866. The third-order valence-electron chi connectivity index (χ3n) is 3.57. The molecule has 2 aromatic carbocycles. The number of H-pyrrole nitrogens is 1. The molecule has 0 atom stereocenters. The molecule has 2 aliphatic rings. The van der Waals surface area contributed by atoms with Gasteiger partial charge in [0.15, 0.2) is 0 Å². The molecule has 0 aromatic heterocycles. The van der Waals surface area contributed by atoms with Gasteiger partial charge in [-0.05, 0) is 30.3 Å². The molecule has 0 saturated heterocycles. The van der Waals surface area contributed by atoms with E-state index in [1.807, 2.05) is 0 Å². The van der Waals surface area contributed by atoms with Crippen molar-refractivity contribution in [1.29, 1.82) is 0 Å². The van der Waals surface area contributed by atoms with Crippen LogP contribution in [0, 0.1) is 11.6 Å². The second-order valence-electron chi connectivity index (χ2n) is 4.91. The van der Waals surface area contributed by atoms with Gasteiger partial charge < -0.3 is 4.98 Å². The molecule has 2 aromatic rings. The van der Waals surface area contributed by atoms with Gasteiger partial charge in [0, 0.05) is 17.1 Å². The van der Waals surface area contributed by atoms with E-state index in [0.29, 0.717) is 16.6 Å². The van der Waals surface area contributed by atoms with Gasteiger partial charge in [0.1, 0.15) is 23.0 Å². The molecule has 0 fully saturated rings. The third kappa shape index (κ3) is 1.74. The molecule has 2 heterocycles. The van der Waals surface area contributed by atoms with Gasteiger partial charge in [-0.25, -0.2) is 8.78 Å². The zero-order valence-electron chi connectivity index (χ0n) is 11.2. The van der Waals surface area contributed by atoms with Crippen molar-refractivity contribution in [3.63, 3.8) is 0 Å². The Balaban J connectivity index is 2.10. The van der Waals surface area contributed by atoms with Crippen LogP contribution in [0.3, 0.4) is 0 Å². The highest BCUT2D eigenvalue weighted by atomic mass is 19.1. The van der Waals surface area contributed by atoms with Crippen molar-refractivity contribution in [2.45, 2.75) is 0 Å². The van der Waals surface area contributed by atoms with Crippen molar-refractivity contribution in [1.82, 2.24) is 14.8 Å². The summed E-state index contributed by atoms with van der Waals surface area (Å²) in [6, 6.07) is 10.1. The molecular weight excluding hydrogens is 288 g/mol. The Labute approximate surface area is 123 Å². The lowest BCUT2D eigenvalue weighted by Gasteiger charge is -2.02. The number of aromatic amines is 1. The summed E-state index contributed by atoms with van der Waals surface area (Å²) < 4.78 is 28.4. The van der Waals surface area contributed by atoms with Crippen LogP contribution in [0.2, 0.25) is 0 Å². The van der Waals surface area contributed by atoms with Gasteiger partial charge >= 0.3 is 0 Å². The first-order chi connectivity index (χ1) is 10.6. The Kier molecular flexibility index (Phi) is 2.59. The van der Waals surface area contributed by atoms with Crippen LogP contribution in [0.1, 0.15) is 0 Å². The van der Waals surface area contributed by atoms with Crippen LogP contribution < -0.4 is 5.56 Å². The first-order valence-corrected chi connectivity index (χ1v) is 6.60. The quantitative estimate of drug-likeness (QED) is 0.587. The molecule has 0 unspecified atom stereocenters. The maximum Gasteiger partial charge on any atom is 0.282 e. The Morgan fingerprint density at radius 2 is 1.91 bits per heavy atom. The first-order valence-electron chi connectivity index (χ1n) is 6.60. The predicted octanol–water partition coefficient (Wildman–Crippen LogP) is 3.10. The van der Waals surface area contributed by atoms with Crippen molar-refractivity contribution in [2.75, 3.05) is 0 Å². The number of nitrogens with one attached hydrogen (secondary N) is 1. The topological polar surface area (TPSA) is 50.7 Å². The number of pyridine rings is 1. The third-order valence-corrected chi connectivity index (χ3v) is 3.57. The second kappa shape index (κ2) is 4.49. The SMILES string of the molecule is O=c1c2c[nH]c3ccc(F)cc3c-2nn1-c1ccccc1F. The van der Waals surface area contributed by atoms with E-state index >= 15 is 0 Å². The normalized spacial score (nSPS) is 11.4. The molecule has 0 radical (unpaired) electrons. The molecule has 4 rings (SSSR count). The second-order valence-corrected chi connectivity index (χ2v) is 4.91. The summed E-state index contributed by atoms with van der Waals surface area (Å²) in [5.74, 6) is -0.979. The predicted molar refractivity (Wildman–Crippen MR) is 78.2 cm³/mol. The summed E-state index contributed by atoms with van der Waals surface area (Å²) in [7, 11) is 0. The number of halogens is 2. The van der Waals surface area contributed by atoms with Crippen molar-refractivity contribution >= 4 is 10.9 Å². The number of nitrogens with zero attached hydrogens (tertiary/aromatic N) is 2. The van der Waals surface area contributed by atoms with Gasteiger partial charge in [0.05, 0.1) is 5.56 Å². The summed E-state index contributed by atoms with van der Waals surface area (Å²) in [5, 5.41) is 4.67. The molecule has 108 valence electrons. The van der Waals surface area contributed by atoms with E-state index in [4.69, 9.17) is 0 Å². The number of hydrogen-bond acceptors (Lipinski definition) is 2. The van der Waals surface area contributed by atoms with Crippen LogP contribution in [0.15, 0.2) is 53.5 Å². The highest BCUT2D eigenvalue weighted by Gasteiger charge is 2.20. The van der Waals surface area contributed by atoms with E-state index in [2.05, 4.69) is 10.1 Å². The maximum atomic E-state index is 13.9. The van der Waals surface area contributed by atoms with Crippen molar-refractivity contribution in [3.8, 4) is 16.9 Å². The van der Waals surface area contributed by atoms with Gasteiger partial charge in [0.25, 0.3) is 5.56 Å². The van der Waals surface area contributed by atoms with Crippen LogP contribution in [0.25, 0.3) is 27.8 Å². The van der Waals surface area contributed by atoms with E-state index in [1.54, 1.807) is 12.1 Å². The zero-order valence-corrected chi connectivity index (χ0v) is 11.2. The average molecular weight is 297 g/mol. The molecule has 1 N–H and O–H groups in total. The lowest BCUT2D eigenvalue weighted by Crippen LogP contribution is -2.15. The van der Waals surface area contributed by atoms with E-state index in [1.165, 1.54) is 36.5 Å². The molecule has 4 nitrogen and oxygen atoms in total. The van der Waals surface area contributed by atoms with Crippen molar-refractivity contribution in [3.05, 3.63) is 70.6 Å². The van der Waals surface area contributed by atoms with Crippen LogP contribution in [0.4, 0.5) is 8.78 Å². The Hall–Kier alpha value is -3.02. The average Bonchev–Trinajstić information content (AvgIpc) is 2.85. The van der Waals surface area contributed by atoms with Crippen molar-refractivity contribution < 1.29 is 8.78 Å². The van der Waals surface area contributed by atoms with Crippen LogP contribution in [-0.2, 0) is 0 Å². The van der Waals surface area contributed by atoms with Crippen LogP contribution in [-0.4, -0.2) is 14.8 Å². The molecule has 22 heavy (non-hydrogen) atoms. The van der Waals surface area contributed by atoms with Gasteiger partial charge in [-0.1, -0.05) is 12.1 Å². The standard InChI is InChI=1S/C16H9F2N3O/c17-9-5-6-13-10(7-9)15-11(8-19-13)16(22)21(20-15)14-4-2-1-3-12(14)18/h1-8,19H. The Morgan fingerprint density at radius 1 is 1.09 bits per heavy atom.